The van der Waals surface area contributed by atoms with E-state index in [9.17, 15) is 68.4 Å². The molecule has 9 heterocycles. The second-order valence-electron chi connectivity index (χ2n) is 33.2. The van der Waals surface area contributed by atoms with Crippen molar-refractivity contribution in [1.29, 1.82) is 68.4 Å². The van der Waals surface area contributed by atoms with Crippen LogP contribution < -0.4 is 0 Å². The zero-order valence-corrected chi connectivity index (χ0v) is 73.2. The van der Waals surface area contributed by atoms with E-state index in [0.29, 0.717) is 89.6 Å². The lowest BCUT2D eigenvalue weighted by Crippen LogP contribution is -2.04. The first-order chi connectivity index (χ1) is 68.8. The first-order valence-corrected chi connectivity index (χ1v) is 43.7. The summed E-state index contributed by atoms with van der Waals surface area (Å²) in [5.74, 6) is 1.91. The molecule has 0 fully saturated rings. The fraction of sp³-hybridized carbons (Fsp3) is 0. The predicted octanol–water partition coefficient (Wildman–Crippen LogP) is 25.2. The molecule has 0 amide bonds. The van der Waals surface area contributed by atoms with E-state index in [-0.39, 0.29) is 0 Å². The van der Waals surface area contributed by atoms with Gasteiger partial charge in [0.1, 0.15) is 17.5 Å². The summed E-state index contributed by atoms with van der Waals surface area (Å²) in [6, 6.07) is 129. The number of nitrogens with zero attached hydrogens (tertiary/aromatic N) is 22. The van der Waals surface area contributed by atoms with Crippen LogP contribution in [-0.2, 0) is 0 Å². The minimum atomic E-state index is 0.489. The maximum absolute atomic E-state index is 9.80. The van der Waals surface area contributed by atoms with Crippen molar-refractivity contribution in [2.24, 2.45) is 0 Å². The van der Waals surface area contributed by atoms with Crippen molar-refractivity contribution in [3.8, 4) is 147 Å². The third-order valence-corrected chi connectivity index (χ3v) is 25.7. The second-order valence-corrected chi connectivity index (χ2v) is 33.2. The summed E-state index contributed by atoms with van der Waals surface area (Å²) in [5.41, 5.74) is 24.6. The zero-order chi connectivity index (χ0) is 95.7. The molecule has 0 unspecified atom stereocenters. The highest BCUT2D eigenvalue weighted by Crippen LogP contribution is 2.46. The van der Waals surface area contributed by atoms with Crippen LogP contribution in [0.15, 0.2) is 340 Å². The van der Waals surface area contributed by atoms with E-state index in [1.54, 1.807) is 79.0 Å². The SMILES string of the molecule is N#Cc1ccc(-c2cc(-n3c4cc(C#N)ccc4c4ccc(C#N)cc43)ncc2-n2c3cc(C#N)ccc3c3ccc(C#N)cc32)cc1.N#Cc1ccc(-c2cc(-n3c4ccc(C#N)cc4c4cc(C#N)ccc43)ncc2-n2c3ccc(C#N)cc3c3cc(C#N)ccc32)cc1.N#Cc1ccc(-c2cc(-n3c4ccccc4c4cc(C#N)ccc43)ncc2-n2c3ccccc3c3cc(C#N)ccc32)cc1. The van der Waals surface area contributed by atoms with Crippen LogP contribution in [0.5, 0.6) is 0 Å². The van der Waals surface area contributed by atoms with Crippen molar-refractivity contribution < 1.29 is 0 Å². The Balaban J connectivity index is 0.000000121. The molecule has 22 heteroatoms. The molecule has 0 aliphatic carbocycles. The molecule has 638 valence electrons. The molecule has 0 aliphatic heterocycles. The monoisotopic (exact) mass is 1780 g/mol. The van der Waals surface area contributed by atoms with E-state index in [0.717, 1.165) is 181 Å². The third kappa shape index (κ3) is 13.8. The Bertz CT molecular complexity index is 9920. The highest BCUT2D eigenvalue weighted by atomic mass is 15.1. The van der Waals surface area contributed by atoms with Gasteiger partial charge in [0.25, 0.3) is 0 Å². The van der Waals surface area contributed by atoms with Gasteiger partial charge in [-0.05, 0) is 241 Å². The quantitative estimate of drug-likeness (QED) is 0.130. The maximum Gasteiger partial charge on any atom is 0.138 e. The van der Waals surface area contributed by atoms with Crippen LogP contribution in [0.1, 0.15) is 72.3 Å². The molecule has 0 saturated heterocycles. The lowest BCUT2D eigenvalue weighted by Gasteiger charge is -2.17. The smallest absolute Gasteiger partial charge is 0.138 e. The van der Waals surface area contributed by atoms with Gasteiger partial charge in [0.05, 0.1) is 253 Å². The second kappa shape index (κ2) is 34.0. The van der Waals surface area contributed by atoms with Gasteiger partial charge >= 0.3 is 0 Å². The molecule has 0 spiro atoms. The minimum Gasteiger partial charge on any atom is -0.307 e. The topological polar surface area (TPSA) is 378 Å². The largest absolute Gasteiger partial charge is 0.307 e. The third-order valence-electron chi connectivity index (χ3n) is 25.7. The van der Waals surface area contributed by atoms with E-state index >= 15 is 0 Å². The van der Waals surface area contributed by atoms with Gasteiger partial charge in [-0.2, -0.15) is 68.4 Å². The van der Waals surface area contributed by atoms with Gasteiger partial charge in [0.15, 0.2) is 0 Å². The Morgan fingerprint density at radius 2 is 0.329 bits per heavy atom. The van der Waals surface area contributed by atoms with Crippen molar-refractivity contribution in [3.63, 3.8) is 0 Å². The molecule has 0 saturated carbocycles. The summed E-state index contributed by atoms with van der Waals surface area (Å²) < 4.78 is 12.4. The number of aromatic nitrogens is 9. The Kier molecular flexibility index (Phi) is 20.3. The molecule has 0 N–H and O–H groups in total. The van der Waals surface area contributed by atoms with E-state index in [2.05, 4.69) is 123 Å². The molecule has 9 aromatic heterocycles. The first-order valence-electron chi connectivity index (χ1n) is 43.7. The highest BCUT2D eigenvalue weighted by Gasteiger charge is 2.27. The number of nitriles is 13. The molecular formula is C118H56N22. The van der Waals surface area contributed by atoms with Gasteiger partial charge in [0, 0.05) is 81.3 Å². The number of para-hydroxylation sites is 2. The minimum absolute atomic E-state index is 0.489. The Hall–Kier alpha value is -22.1. The molecule has 22 nitrogen and oxygen atoms in total. The van der Waals surface area contributed by atoms with Gasteiger partial charge in [0.2, 0.25) is 0 Å². The zero-order valence-electron chi connectivity index (χ0n) is 73.2. The molecule has 0 aliphatic rings. The van der Waals surface area contributed by atoms with Gasteiger partial charge in [-0.15, -0.1) is 0 Å². The molecule has 24 aromatic rings. The molecule has 15 aromatic carbocycles. The fourth-order valence-electron chi connectivity index (χ4n) is 19.3. The maximum atomic E-state index is 9.80. The average molecular weight is 1780 g/mol. The van der Waals surface area contributed by atoms with Crippen molar-refractivity contribution in [1.82, 2.24) is 42.4 Å². The van der Waals surface area contributed by atoms with Crippen LogP contribution in [0.2, 0.25) is 0 Å². The number of rotatable bonds is 9. The Morgan fingerprint density at radius 3 is 0.586 bits per heavy atom. The number of fused-ring (bicyclic) bond motifs is 18. The van der Waals surface area contributed by atoms with Crippen LogP contribution in [-0.4, -0.2) is 42.4 Å². The van der Waals surface area contributed by atoms with E-state index < -0.39 is 0 Å². The van der Waals surface area contributed by atoms with Gasteiger partial charge in [-0.1, -0.05) is 97.1 Å². The molecule has 0 atom stereocenters. The fourth-order valence-corrected chi connectivity index (χ4v) is 19.3. The van der Waals surface area contributed by atoms with Crippen molar-refractivity contribution in [3.05, 3.63) is 412 Å². The van der Waals surface area contributed by atoms with E-state index in [4.69, 9.17) is 15.0 Å². The van der Waals surface area contributed by atoms with Gasteiger partial charge < -0.3 is 13.7 Å². The standard InChI is InChI=1S/2C40H18N8.C38H20N6/c41-18-24-1-7-29(8-2-24)30-17-40(48-37-11-5-27(21-44)15-33(37)34-16-28(22-45)6-12-38(34)48)46-23-39(30)47-35-9-3-25(19-42)13-31(35)32-14-26(20-43)4-10-36(32)47;41-18-24-1-7-29(8-2-24)34-17-40(48-37-15-27(21-44)5-11-32(37)33-12-6-28(22-45)16-38(33)48)46-23-39(34)47-35-13-25(19-42)3-9-30(35)31-10-4-26(20-43)14-36(31)47;39-20-24-9-13-27(14-10-24)30-19-38(44-34-8-4-2-6-29(34)32-18-26(22-41)12-16-36(32)44)42-23-37(30)43-33-7-3-1-5-28(33)31-17-25(21-40)11-15-35(31)43/h2*1-17,23H;1-19,23H. The van der Waals surface area contributed by atoms with Crippen LogP contribution in [0.3, 0.4) is 0 Å². The predicted molar refractivity (Wildman–Crippen MR) is 536 cm³/mol. The lowest BCUT2D eigenvalue weighted by molar-refractivity contribution is 1.05. The van der Waals surface area contributed by atoms with Crippen LogP contribution in [0, 0.1) is 147 Å². The summed E-state index contributed by atoms with van der Waals surface area (Å²) in [6.45, 7) is 0. The highest BCUT2D eigenvalue weighted by molar-refractivity contribution is 6.16. The summed E-state index contributed by atoms with van der Waals surface area (Å²) in [5, 5.41) is 137. The normalized spacial score (nSPS) is 10.9. The number of hydrogen-bond donors (Lipinski definition) is 0. The van der Waals surface area contributed by atoms with Crippen LogP contribution >= 0.6 is 0 Å². The summed E-state index contributed by atoms with van der Waals surface area (Å²) in [6.07, 6.45) is 5.47. The Labute approximate surface area is 795 Å². The van der Waals surface area contributed by atoms with Crippen molar-refractivity contribution in [2.75, 3.05) is 0 Å². The first kappa shape index (κ1) is 83.5. The lowest BCUT2D eigenvalue weighted by atomic mass is 10.0. The summed E-state index contributed by atoms with van der Waals surface area (Å²) in [4.78, 5) is 15.1. The average Bonchev–Trinajstić information content (AvgIpc) is 1.57. The van der Waals surface area contributed by atoms with Crippen LogP contribution in [0.4, 0.5) is 0 Å². The van der Waals surface area contributed by atoms with Gasteiger partial charge in [-0.25, -0.2) is 15.0 Å². The number of hydrogen-bond acceptors (Lipinski definition) is 16. The van der Waals surface area contributed by atoms with E-state index in [1.807, 2.05) is 244 Å². The molecule has 24 rings (SSSR count). The van der Waals surface area contributed by atoms with Crippen LogP contribution in [0.25, 0.3) is 199 Å². The number of pyridine rings is 3. The van der Waals surface area contributed by atoms with Gasteiger partial charge in [-0.3, -0.25) is 13.7 Å². The molecule has 140 heavy (non-hydrogen) atoms. The molecule has 0 radical (unpaired) electrons. The van der Waals surface area contributed by atoms with Crippen molar-refractivity contribution in [2.45, 2.75) is 0 Å². The summed E-state index contributed by atoms with van der Waals surface area (Å²) >= 11 is 0. The Morgan fingerprint density at radius 1 is 0.150 bits per heavy atom. The van der Waals surface area contributed by atoms with Crippen molar-refractivity contribution >= 4 is 131 Å². The van der Waals surface area contributed by atoms with E-state index in [1.165, 1.54) is 0 Å². The molecule has 0 bridgehead atoms. The molecular weight excluding hydrogens is 1730 g/mol. The summed E-state index contributed by atoms with van der Waals surface area (Å²) in [7, 11) is 0. The number of benzene rings is 15.